The standard InChI is InChI=1S/C14H11F4NO/c1-8-4-10(7-19-6-8)13(20)9-2-3-11(12(15)5-9)14(16,17)18/h2-7,13,20H,1H3. The molecular weight excluding hydrogens is 274 g/mol. The molecule has 6 heteroatoms. The van der Waals surface area contributed by atoms with Crippen molar-refractivity contribution in [2.24, 2.45) is 0 Å². The van der Waals surface area contributed by atoms with Crippen LogP contribution in [0.3, 0.4) is 0 Å². The van der Waals surface area contributed by atoms with Gasteiger partial charge in [-0.15, -0.1) is 0 Å². The van der Waals surface area contributed by atoms with Gasteiger partial charge in [0.15, 0.2) is 0 Å². The van der Waals surface area contributed by atoms with Crippen LogP contribution in [0.2, 0.25) is 0 Å². The highest BCUT2D eigenvalue weighted by atomic mass is 19.4. The minimum Gasteiger partial charge on any atom is -0.384 e. The number of halogens is 4. The zero-order valence-electron chi connectivity index (χ0n) is 10.4. The molecule has 2 nitrogen and oxygen atoms in total. The summed E-state index contributed by atoms with van der Waals surface area (Å²) in [5.41, 5.74) is -0.128. The number of pyridine rings is 1. The average molecular weight is 285 g/mol. The van der Waals surface area contributed by atoms with Crippen LogP contribution in [0.4, 0.5) is 17.6 Å². The highest BCUT2D eigenvalue weighted by Crippen LogP contribution is 2.33. The summed E-state index contributed by atoms with van der Waals surface area (Å²) in [7, 11) is 0. The summed E-state index contributed by atoms with van der Waals surface area (Å²) in [6, 6.07) is 4.00. The molecule has 1 aromatic heterocycles. The van der Waals surface area contributed by atoms with E-state index in [0.717, 1.165) is 11.6 Å². The van der Waals surface area contributed by atoms with Gasteiger partial charge in [0.2, 0.25) is 0 Å². The molecule has 1 atom stereocenters. The second-order valence-corrected chi connectivity index (χ2v) is 4.44. The minimum atomic E-state index is -4.75. The first-order valence-electron chi connectivity index (χ1n) is 5.75. The van der Waals surface area contributed by atoms with E-state index in [0.29, 0.717) is 17.7 Å². The van der Waals surface area contributed by atoms with Crippen LogP contribution >= 0.6 is 0 Å². The molecule has 0 radical (unpaired) electrons. The van der Waals surface area contributed by atoms with E-state index < -0.39 is 23.7 Å². The van der Waals surface area contributed by atoms with E-state index >= 15 is 0 Å². The van der Waals surface area contributed by atoms with Crippen molar-refractivity contribution in [2.75, 3.05) is 0 Å². The van der Waals surface area contributed by atoms with Gasteiger partial charge >= 0.3 is 6.18 Å². The maximum absolute atomic E-state index is 13.5. The van der Waals surface area contributed by atoms with Gasteiger partial charge < -0.3 is 5.11 Å². The number of nitrogens with zero attached hydrogens (tertiary/aromatic N) is 1. The molecule has 2 rings (SSSR count). The van der Waals surface area contributed by atoms with Crippen molar-refractivity contribution in [3.05, 3.63) is 64.7 Å². The van der Waals surface area contributed by atoms with E-state index in [-0.39, 0.29) is 5.56 Å². The van der Waals surface area contributed by atoms with Crippen LogP contribution in [0.15, 0.2) is 36.7 Å². The summed E-state index contributed by atoms with van der Waals surface area (Å²) in [5.74, 6) is -1.41. The number of rotatable bonds is 2. The van der Waals surface area contributed by atoms with Crippen LogP contribution in [0, 0.1) is 12.7 Å². The second kappa shape index (κ2) is 5.20. The lowest BCUT2D eigenvalue weighted by Gasteiger charge is -2.14. The number of hydrogen-bond donors (Lipinski definition) is 1. The maximum atomic E-state index is 13.5. The van der Waals surface area contributed by atoms with Gasteiger partial charge in [0.05, 0.1) is 5.56 Å². The third kappa shape index (κ3) is 2.96. The number of alkyl halides is 3. The van der Waals surface area contributed by atoms with Gasteiger partial charge in [-0.1, -0.05) is 12.1 Å². The molecule has 0 amide bonds. The molecule has 0 aliphatic heterocycles. The Balaban J connectivity index is 2.37. The van der Waals surface area contributed by atoms with Crippen LogP contribution in [0.5, 0.6) is 0 Å². The molecule has 0 bridgehead atoms. The van der Waals surface area contributed by atoms with E-state index in [1.54, 1.807) is 19.2 Å². The Hall–Kier alpha value is -1.95. The zero-order chi connectivity index (χ0) is 14.9. The molecular formula is C14H11F4NO. The molecule has 1 aromatic carbocycles. The molecule has 0 spiro atoms. The van der Waals surface area contributed by atoms with E-state index in [1.807, 2.05) is 0 Å². The van der Waals surface area contributed by atoms with Crippen molar-refractivity contribution in [3.63, 3.8) is 0 Å². The van der Waals surface area contributed by atoms with Gasteiger partial charge in [0.1, 0.15) is 11.9 Å². The average Bonchev–Trinajstić information content (AvgIpc) is 2.36. The van der Waals surface area contributed by atoms with E-state index in [9.17, 15) is 22.7 Å². The van der Waals surface area contributed by atoms with Gasteiger partial charge in [0.25, 0.3) is 0 Å². The van der Waals surface area contributed by atoms with Gasteiger partial charge in [0, 0.05) is 18.0 Å². The molecule has 0 aliphatic carbocycles. The van der Waals surface area contributed by atoms with Crippen molar-refractivity contribution in [1.82, 2.24) is 4.98 Å². The molecule has 0 saturated carbocycles. The third-order valence-electron chi connectivity index (χ3n) is 2.83. The summed E-state index contributed by atoms with van der Waals surface area (Å²) in [5, 5.41) is 10.0. The number of aliphatic hydroxyl groups excluding tert-OH is 1. The first-order chi connectivity index (χ1) is 9.29. The molecule has 2 aromatic rings. The van der Waals surface area contributed by atoms with Crippen molar-refractivity contribution in [2.45, 2.75) is 19.2 Å². The monoisotopic (exact) mass is 285 g/mol. The van der Waals surface area contributed by atoms with E-state index in [4.69, 9.17) is 0 Å². The van der Waals surface area contributed by atoms with Gasteiger partial charge in [-0.25, -0.2) is 4.39 Å². The lowest BCUT2D eigenvalue weighted by atomic mass is 10.0. The van der Waals surface area contributed by atoms with Crippen molar-refractivity contribution < 1.29 is 22.7 Å². The second-order valence-electron chi connectivity index (χ2n) is 4.44. The normalized spacial score (nSPS) is 13.3. The van der Waals surface area contributed by atoms with Crippen LogP contribution in [-0.2, 0) is 6.18 Å². The van der Waals surface area contributed by atoms with Crippen LogP contribution < -0.4 is 0 Å². The number of hydrogen-bond acceptors (Lipinski definition) is 2. The van der Waals surface area contributed by atoms with Gasteiger partial charge in [-0.2, -0.15) is 13.2 Å². The first kappa shape index (κ1) is 14.5. The Bertz CT molecular complexity index is 625. The summed E-state index contributed by atoms with van der Waals surface area (Å²) in [6.07, 6.45) is -3.02. The quantitative estimate of drug-likeness (QED) is 0.855. The molecule has 0 aliphatic rings. The summed E-state index contributed by atoms with van der Waals surface area (Å²) in [6.45, 7) is 1.76. The number of aromatic nitrogens is 1. The summed E-state index contributed by atoms with van der Waals surface area (Å²) < 4.78 is 50.8. The molecule has 106 valence electrons. The summed E-state index contributed by atoms with van der Waals surface area (Å²) >= 11 is 0. The Morgan fingerprint density at radius 3 is 2.35 bits per heavy atom. The predicted molar refractivity (Wildman–Crippen MR) is 64.4 cm³/mol. The highest BCUT2D eigenvalue weighted by Gasteiger charge is 2.34. The third-order valence-corrected chi connectivity index (χ3v) is 2.83. The van der Waals surface area contributed by atoms with Crippen molar-refractivity contribution in [3.8, 4) is 0 Å². The number of aryl methyl sites for hydroxylation is 1. The molecule has 1 unspecified atom stereocenters. The summed E-state index contributed by atoms with van der Waals surface area (Å²) in [4.78, 5) is 3.88. The van der Waals surface area contributed by atoms with Crippen LogP contribution in [-0.4, -0.2) is 10.1 Å². The molecule has 20 heavy (non-hydrogen) atoms. The first-order valence-corrected chi connectivity index (χ1v) is 5.75. The lowest BCUT2D eigenvalue weighted by Crippen LogP contribution is -2.09. The highest BCUT2D eigenvalue weighted by molar-refractivity contribution is 5.33. The van der Waals surface area contributed by atoms with E-state index in [2.05, 4.69) is 4.98 Å². The SMILES string of the molecule is Cc1cncc(C(O)c2ccc(C(F)(F)F)c(F)c2)c1. The predicted octanol–water partition coefficient (Wildman–Crippen LogP) is 3.63. The van der Waals surface area contributed by atoms with Crippen molar-refractivity contribution in [1.29, 1.82) is 0 Å². The van der Waals surface area contributed by atoms with E-state index in [1.165, 1.54) is 6.20 Å². The molecule has 0 saturated heterocycles. The minimum absolute atomic E-state index is 0.0444. The maximum Gasteiger partial charge on any atom is 0.419 e. The lowest BCUT2D eigenvalue weighted by molar-refractivity contribution is -0.140. The fourth-order valence-electron chi connectivity index (χ4n) is 1.85. The molecule has 1 N–H and O–H groups in total. The van der Waals surface area contributed by atoms with Gasteiger partial charge in [-0.3, -0.25) is 4.98 Å². The van der Waals surface area contributed by atoms with Crippen LogP contribution in [0.1, 0.15) is 28.4 Å². The fraction of sp³-hybridized carbons (Fsp3) is 0.214. The van der Waals surface area contributed by atoms with Gasteiger partial charge in [-0.05, 0) is 30.2 Å². The topological polar surface area (TPSA) is 33.1 Å². The Morgan fingerprint density at radius 1 is 1.10 bits per heavy atom. The van der Waals surface area contributed by atoms with Crippen molar-refractivity contribution >= 4 is 0 Å². The molecule has 1 heterocycles. The Labute approximate surface area is 112 Å². The largest absolute Gasteiger partial charge is 0.419 e. The van der Waals surface area contributed by atoms with Crippen LogP contribution in [0.25, 0.3) is 0 Å². The number of aliphatic hydroxyl groups is 1. The number of benzene rings is 1. The zero-order valence-corrected chi connectivity index (χ0v) is 10.4. The molecule has 0 fully saturated rings. The Kier molecular flexibility index (Phi) is 3.76. The fourth-order valence-corrected chi connectivity index (χ4v) is 1.85. The Morgan fingerprint density at radius 2 is 1.80 bits per heavy atom. The smallest absolute Gasteiger partial charge is 0.384 e.